The molecule has 1 N–H and O–H groups in total. The Morgan fingerprint density at radius 3 is 2.95 bits per heavy atom. The third-order valence-corrected chi connectivity index (χ3v) is 3.40. The first-order valence-electron chi connectivity index (χ1n) is 6.59. The van der Waals surface area contributed by atoms with E-state index in [0.29, 0.717) is 12.1 Å². The number of hydrogen-bond acceptors (Lipinski definition) is 4. The summed E-state index contributed by atoms with van der Waals surface area (Å²) >= 11 is 0. The van der Waals surface area contributed by atoms with Gasteiger partial charge >= 0.3 is 0 Å². The molecule has 0 aliphatic heterocycles. The second-order valence-electron chi connectivity index (χ2n) is 5.00. The monoisotopic (exact) mass is 284 g/mol. The van der Waals surface area contributed by atoms with Crippen molar-refractivity contribution in [2.45, 2.75) is 13.5 Å². The van der Waals surface area contributed by atoms with E-state index in [1.165, 1.54) is 0 Å². The lowest BCUT2D eigenvalue weighted by Crippen LogP contribution is -2.26. The summed E-state index contributed by atoms with van der Waals surface area (Å²) < 4.78 is 1.71. The van der Waals surface area contributed by atoms with Crippen molar-refractivity contribution in [3.05, 3.63) is 41.7 Å². The highest BCUT2D eigenvalue weighted by Crippen LogP contribution is 2.17. The Morgan fingerprint density at radius 2 is 2.24 bits per heavy atom. The number of imidazole rings is 1. The number of nitrogens with zero attached hydrogens (tertiary/aromatic N) is 5. The third kappa shape index (κ3) is 2.37. The van der Waals surface area contributed by atoms with Gasteiger partial charge in [0, 0.05) is 38.1 Å². The number of aromatic nitrogens is 5. The van der Waals surface area contributed by atoms with Gasteiger partial charge in [0.15, 0.2) is 5.65 Å². The van der Waals surface area contributed by atoms with Crippen LogP contribution in [0.15, 0.2) is 24.7 Å². The number of aromatic amines is 1. The first-order chi connectivity index (χ1) is 10.1. The minimum absolute atomic E-state index is 0.0935. The first kappa shape index (κ1) is 13.3. The molecule has 21 heavy (non-hydrogen) atoms. The van der Waals surface area contributed by atoms with Crippen LogP contribution in [0.2, 0.25) is 0 Å². The number of rotatable bonds is 3. The van der Waals surface area contributed by atoms with Crippen molar-refractivity contribution in [1.82, 2.24) is 29.6 Å². The summed E-state index contributed by atoms with van der Waals surface area (Å²) in [6, 6.07) is 1.84. The van der Waals surface area contributed by atoms with Gasteiger partial charge in [0.05, 0.1) is 17.8 Å². The van der Waals surface area contributed by atoms with Crippen molar-refractivity contribution in [2.24, 2.45) is 7.05 Å². The number of pyridine rings is 1. The number of carbonyl (C=O) groups is 1. The second-order valence-corrected chi connectivity index (χ2v) is 5.00. The Morgan fingerprint density at radius 1 is 1.43 bits per heavy atom. The zero-order valence-electron chi connectivity index (χ0n) is 12.2. The molecular weight excluding hydrogens is 268 g/mol. The summed E-state index contributed by atoms with van der Waals surface area (Å²) in [5.74, 6) is 0.654. The molecule has 0 fully saturated rings. The number of hydrogen-bond donors (Lipinski definition) is 1. The maximum Gasteiger partial charge on any atom is 0.255 e. The maximum absolute atomic E-state index is 12.4. The molecule has 0 aliphatic rings. The molecule has 3 rings (SSSR count). The zero-order valence-corrected chi connectivity index (χ0v) is 12.2. The standard InChI is InChI=1S/C14H16N6O/c1-9-11-6-10(7-17-13(11)20(3)18-9)14(21)19(2)8-12-15-4-5-16-12/h4-7H,8H2,1-3H3,(H,15,16). The molecular formula is C14H16N6O. The lowest BCUT2D eigenvalue weighted by atomic mass is 10.2. The summed E-state index contributed by atoms with van der Waals surface area (Å²) in [5, 5.41) is 5.21. The molecule has 0 saturated carbocycles. The van der Waals surface area contributed by atoms with Gasteiger partial charge in [0.25, 0.3) is 5.91 Å². The van der Waals surface area contributed by atoms with Gasteiger partial charge in [0.1, 0.15) is 5.82 Å². The Bertz CT molecular complexity index is 789. The van der Waals surface area contributed by atoms with Gasteiger partial charge in [-0.25, -0.2) is 9.97 Å². The molecule has 0 aromatic carbocycles. The predicted octanol–water partition coefficient (Wildman–Crippen LogP) is 1.27. The van der Waals surface area contributed by atoms with E-state index in [2.05, 4.69) is 20.1 Å². The van der Waals surface area contributed by atoms with Crippen molar-refractivity contribution in [3.63, 3.8) is 0 Å². The molecule has 0 spiro atoms. The van der Waals surface area contributed by atoms with Crippen LogP contribution in [0.4, 0.5) is 0 Å². The van der Waals surface area contributed by atoms with Crippen LogP contribution in [0.3, 0.4) is 0 Å². The summed E-state index contributed by atoms with van der Waals surface area (Å²) in [7, 11) is 3.58. The van der Waals surface area contributed by atoms with E-state index in [0.717, 1.165) is 22.6 Å². The Balaban J connectivity index is 1.89. The van der Waals surface area contributed by atoms with Crippen LogP contribution in [-0.2, 0) is 13.6 Å². The van der Waals surface area contributed by atoms with Crippen LogP contribution in [0.25, 0.3) is 11.0 Å². The minimum Gasteiger partial charge on any atom is -0.347 e. The van der Waals surface area contributed by atoms with Crippen molar-refractivity contribution >= 4 is 16.9 Å². The van der Waals surface area contributed by atoms with E-state index >= 15 is 0 Å². The summed E-state index contributed by atoms with van der Waals surface area (Å²) in [6.45, 7) is 2.33. The average molecular weight is 284 g/mol. The van der Waals surface area contributed by atoms with Crippen LogP contribution < -0.4 is 0 Å². The van der Waals surface area contributed by atoms with Gasteiger partial charge in [-0.1, -0.05) is 0 Å². The van der Waals surface area contributed by atoms with Crippen molar-refractivity contribution in [3.8, 4) is 0 Å². The molecule has 0 atom stereocenters. The quantitative estimate of drug-likeness (QED) is 0.785. The summed E-state index contributed by atoms with van der Waals surface area (Å²) in [6.07, 6.45) is 4.99. The van der Waals surface area contributed by atoms with Crippen LogP contribution in [0.5, 0.6) is 0 Å². The molecule has 0 bridgehead atoms. The van der Waals surface area contributed by atoms with Gasteiger partial charge in [-0.15, -0.1) is 0 Å². The lowest BCUT2D eigenvalue weighted by molar-refractivity contribution is 0.0781. The Hall–Kier alpha value is -2.70. The minimum atomic E-state index is -0.0935. The summed E-state index contributed by atoms with van der Waals surface area (Å²) in [4.78, 5) is 25.5. The molecule has 0 aliphatic carbocycles. The molecule has 3 heterocycles. The van der Waals surface area contributed by atoms with E-state index in [1.807, 2.05) is 20.0 Å². The lowest BCUT2D eigenvalue weighted by Gasteiger charge is -2.15. The normalized spacial score (nSPS) is 11.0. The fourth-order valence-corrected chi connectivity index (χ4v) is 2.33. The van der Waals surface area contributed by atoms with Gasteiger partial charge in [-0.05, 0) is 13.0 Å². The topological polar surface area (TPSA) is 79.7 Å². The van der Waals surface area contributed by atoms with E-state index < -0.39 is 0 Å². The van der Waals surface area contributed by atoms with E-state index in [1.54, 1.807) is 35.2 Å². The van der Waals surface area contributed by atoms with Gasteiger partial charge in [-0.3, -0.25) is 9.48 Å². The Labute approximate surface area is 121 Å². The van der Waals surface area contributed by atoms with Gasteiger partial charge in [0.2, 0.25) is 0 Å². The van der Waals surface area contributed by atoms with Crippen molar-refractivity contribution in [1.29, 1.82) is 0 Å². The molecule has 108 valence electrons. The van der Waals surface area contributed by atoms with E-state index in [4.69, 9.17) is 0 Å². The fraction of sp³-hybridized carbons (Fsp3) is 0.286. The van der Waals surface area contributed by atoms with Crippen LogP contribution in [-0.4, -0.2) is 42.6 Å². The van der Waals surface area contributed by atoms with Crippen LogP contribution in [0, 0.1) is 6.92 Å². The molecule has 0 radical (unpaired) electrons. The number of aryl methyl sites for hydroxylation is 2. The van der Waals surface area contributed by atoms with Crippen LogP contribution in [0.1, 0.15) is 21.9 Å². The number of carbonyl (C=O) groups excluding carboxylic acids is 1. The number of amides is 1. The van der Waals surface area contributed by atoms with Crippen molar-refractivity contribution in [2.75, 3.05) is 7.05 Å². The highest BCUT2D eigenvalue weighted by molar-refractivity contribution is 5.97. The van der Waals surface area contributed by atoms with Gasteiger partial charge < -0.3 is 9.88 Å². The maximum atomic E-state index is 12.4. The molecule has 7 heteroatoms. The molecule has 1 amide bonds. The molecule has 7 nitrogen and oxygen atoms in total. The number of nitrogens with one attached hydrogen (secondary N) is 1. The Kier molecular flexibility index (Phi) is 3.17. The van der Waals surface area contributed by atoms with Crippen LogP contribution >= 0.6 is 0 Å². The number of fused-ring (bicyclic) bond motifs is 1. The number of H-pyrrole nitrogens is 1. The molecule has 3 aromatic heterocycles. The molecule has 0 saturated heterocycles. The highest BCUT2D eigenvalue weighted by atomic mass is 16.2. The van der Waals surface area contributed by atoms with Crippen molar-refractivity contribution < 1.29 is 4.79 Å². The first-order valence-corrected chi connectivity index (χ1v) is 6.59. The van der Waals surface area contributed by atoms with E-state index in [9.17, 15) is 4.79 Å². The second kappa shape index (κ2) is 5.01. The smallest absolute Gasteiger partial charge is 0.255 e. The molecule has 3 aromatic rings. The largest absolute Gasteiger partial charge is 0.347 e. The van der Waals surface area contributed by atoms with Gasteiger partial charge in [-0.2, -0.15) is 5.10 Å². The average Bonchev–Trinajstić information content (AvgIpc) is 3.07. The predicted molar refractivity (Wildman–Crippen MR) is 77.6 cm³/mol. The summed E-state index contributed by atoms with van der Waals surface area (Å²) in [5.41, 5.74) is 2.19. The van der Waals surface area contributed by atoms with E-state index in [-0.39, 0.29) is 5.91 Å². The molecule has 0 unspecified atom stereocenters. The third-order valence-electron chi connectivity index (χ3n) is 3.40. The SMILES string of the molecule is Cc1nn(C)c2ncc(C(=O)N(C)Cc3ncc[nH]3)cc12. The fourth-order valence-electron chi connectivity index (χ4n) is 2.33. The zero-order chi connectivity index (χ0) is 15.0. The highest BCUT2D eigenvalue weighted by Gasteiger charge is 2.16.